The molecule has 1 atom stereocenters. The number of hydrogen-bond donors (Lipinski definition) is 0. The van der Waals surface area contributed by atoms with Crippen LogP contribution in [0.5, 0.6) is 5.75 Å². The summed E-state index contributed by atoms with van der Waals surface area (Å²) >= 11 is 0. The monoisotopic (exact) mass is 376 g/mol. The second kappa shape index (κ2) is 6.34. The molecule has 10 heteroatoms. The van der Waals surface area contributed by atoms with Gasteiger partial charge >= 0.3 is 6.36 Å². The van der Waals surface area contributed by atoms with Gasteiger partial charge in [0.25, 0.3) is 0 Å². The Morgan fingerprint density at radius 3 is 2.52 bits per heavy atom. The van der Waals surface area contributed by atoms with Gasteiger partial charge in [0.2, 0.25) is 10.0 Å². The number of aromatic nitrogens is 1. The van der Waals surface area contributed by atoms with Crippen molar-refractivity contribution in [2.45, 2.75) is 37.1 Å². The minimum atomic E-state index is -4.83. The van der Waals surface area contributed by atoms with Gasteiger partial charge in [-0.1, -0.05) is 5.16 Å². The lowest BCUT2D eigenvalue weighted by Gasteiger charge is -2.22. The van der Waals surface area contributed by atoms with Crippen molar-refractivity contribution in [2.75, 3.05) is 6.54 Å². The van der Waals surface area contributed by atoms with E-state index in [4.69, 9.17) is 4.52 Å². The smallest absolute Gasteiger partial charge is 0.406 e. The fourth-order valence-electron chi connectivity index (χ4n) is 2.81. The molecular formula is C15H15F3N2O4S. The molecule has 0 spiro atoms. The summed E-state index contributed by atoms with van der Waals surface area (Å²) in [7, 11) is -3.87. The van der Waals surface area contributed by atoms with Crippen LogP contribution in [0, 0.1) is 6.92 Å². The van der Waals surface area contributed by atoms with E-state index in [1.54, 1.807) is 13.0 Å². The van der Waals surface area contributed by atoms with Crippen LogP contribution in [0.15, 0.2) is 39.8 Å². The topological polar surface area (TPSA) is 72.6 Å². The van der Waals surface area contributed by atoms with Crippen molar-refractivity contribution in [2.24, 2.45) is 0 Å². The van der Waals surface area contributed by atoms with E-state index in [-0.39, 0.29) is 4.90 Å². The van der Waals surface area contributed by atoms with Crippen molar-refractivity contribution in [1.82, 2.24) is 9.46 Å². The van der Waals surface area contributed by atoms with Crippen LogP contribution in [-0.4, -0.2) is 30.8 Å². The van der Waals surface area contributed by atoms with Gasteiger partial charge in [-0.3, -0.25) is 0 Å². The molecule has 0 amide bonds. The van der Waals surface area contributed by atoms with Crippen LogP contribution in [0.3, 0.4) is 0 Å². The molecule has 136 valence electrons. The van der Waals surface area contributed by atoms with Crippen molar-refractivity contribution < 1.29 is 30.8 Å². The van der Waals surface area contributed by atoms with Crippen LogP contribution in [0.2, 0.25) is 0 Å². The maximum absolute atomic E-state index is 12.8. The highest BCUT2D eigenvalue weighted by molar-refractivity contribution is 7.89. The first kappa shape index (κ1) is 17.7. The molecule has 1 saturated heterocycles. The number of benzene rings is 1. The standard InChI is InChI=1S/C15H15F3N2O4S/c1-10-9-13(19-24-10)14-3-2-8-20(14)25(21,22)12-6-4-11(5-7-12)23-15(16,17)18/h4-7,9,14H,2-3,8H2,1H3. The summed E-state index contributed by atoms with van der Waals surface area (Å²) < 4.78 is 72.3. The molecule has 2 heterocycles. The molecule has 0 saturated carbocycles. The highest BCUT2D eigenvalue weighted by atomic mass is 32.2. The highest BCUT2D eigenvalue weighted by Gasteiger charge is 2.38. The zero-order valence-electron chi connectivity index (χ0n) is 13.2. The Bertz CT molecular complexity index is 846. The SMILES string of the molecule is Cc1cc(C2CCCN2S(=O)(=O)c2ccc(OC(F)(F)F)cc2)no1. The van der Waals surface area contributed by atoms with Gasteiger partial charge in [-0.05, 0) is 44.0 Å². The van der Waals surface area contributed by atoms with E-state index in [9.17, 15) is 21.6 Å². The average Bonchev–Trinajstić information content (AvgIpc) is 3.14. The number of alkyl halides is 3. The predicted octanol–water partition coefficient (Wildman–Crippen LogP) is 3.41. The van der Waals surface area contributed by atoms with Crippen LogP contribution >= 0.6 is 0 Å². The maximum atomic E-state index is 12.8. The predicted molar refractivity (Wildman–Crippen MR) is 80.2 cm³/mol. The lowest BCUT2D eigenvalue weighted by molar-refractivity contribution is -0.274. The van der Waals surface area contributed by atoms with E-state index in [1.165, 1.54) is 4.31 Å². The summed E-state index contributed by atoms with van der Waals surface area (Å²) in [5.74, 6) is 0.101. The van der Waals surface area contributed by atoms with Crippen molar-refractivity contribution in [3.05, 3.63) is 41.8 Å². The molecule has 1 aliphatic heterocycles. The number of sulfonamides is 1. The first-order valence-electron chi connectivity index (χ1n) is 7.48. The fraction of sp³-hybridized carbons (Fsp3) is 0.400. The number of hydrogen-bond acceptors (Lipinski definition) is 5. The van der Waals surface area contributed by atoms with Gasteiger partial charge in [0, 0.05) is 12.6 Å². The number of nitrogens with zero attached hydrogens (tertiary/aromatic N) is 2. The lowest BCUT2D eigenvalue weighted by atomic mass is 10.1. The van der Waals surface area contributed by atoms with Crippen LogP contribution in [0.25, 0.3) is 0 Å². The Kier molecular flexibility index (Phi) is 4.50. The number of halogens is 3. The minimum Gasteiger partial charge on any atom is -0.406 e. The van der Waals surface area contributed by atoms with E-state index in [0.717, 1.165) is 24.3 Å². The lowest BCUT2D eigenvalue weighted by Crippen LogP contribution is -2.30. The van der Waals surface area contributed by atoms with Gasteiger partial charge in [-0.2, -0.15) is 4.31 Å². The first-order chi connectivity index (χ1) is 11.7. The molecule has 0 radical (unpaired) electrons. The van der Waals surface area contributed by atoms with E-state index in [0.29, 0.717) is 30.8 Å². The summed E-state index contributed by atoms with van der Waals surface area (Å²) in [4.78, 5) is -0.103. The largest absolute Gasteiger partial charge is 0.573 e. The third kappa shape index (κ3) is 3.79. The normalized spacial score (nSPS) is 19.3. The number of rotatable bonds is 4. The molecule has 6 nitrogen and oxygen atoms in total. The molecule has 1 fully saturated rings. The van der Waals surface area contributed by atoms with Crippen molar-refractivity contribution in [3.63, 3.8) is 0 Å². The third-order valence-corrected chi connectivity index (χ3v) is 5.78. The summed E-state index contributed by atoms with van der Waals surface area (Å²) in [6.45, 7) is 2.02. The Morgan fingerprint density at radius 1 is 1.28 bits per heavy atom. The first-order valence-corrected chi connectivity index (χ1v) is 8.92. The van der Waals surface area contributed by atoms with E-state index in [2.05, 4.69) is 9.89 Å². The van der Waals surface area contributed by atoms with Gasteiger partial charge in [-0.25, -0.2) is 8.42 Å². The molecule has 1 aliphatic rings. The second-order valence-electron chi connectivity index (χ2n) is 5.66. The van der Waals surface area contributed by atoms with Gasteiger partial charge in [-0.15, -0.1) is 13.2 Å². The molecule has 0 aliphatic carbocycles. The summed E-state index contributed by atoms with van der Waals surface area (Å²) in [5.41, 5.74) is 0.524. The molecule has 1 unspecified atom stereocenters. The third-order valence-electron chi connectivity index (χ3n) is 3.86. The van der Waals surface area contributed by atoms with Crippen LogP contribution in [0.1, 0.15) is 30.3 Å². The van der Waals surface area contributed by atoms with Gasteiger partial charge in [0.05, 0.1) is 10.9 Å². The molecule has 0 bridgehead atoms. The Labute approximate surface area is 142 Å². The van der Waals surface area contributed by atoms with Gasteiger partial charge < -0.3 is 9.26 Å². The van der Waals surface area contributed by atoms with E-state index < -0.39 is 28.2 Å². The van der Waals surface area contributed by atoms with E-state index in [1.807, 2.05) is 0 Å². The number of ether oxygens (including phenoxy) is 1. The Hall–Kier alpha value is -2.07. The average molecular weight is 376 g/mol. The molecular weight excluding hydrogens is 361 g/mol. The maximum Gasteiger partial charge on any atom is 0.573 e. The van der Waals surface area contributed by atoms with Crippen LogP contribution < -0.4 is 4.74 Å². The van der Waals surface area contributed by atoms with Crippen LogP contribution in [0.4, 0.5) is 13.2 Å². The van der Waals surface area contributed by atoms with Gasteiger partial charge in [0.15, 0.2) is 0 Å². The summed E-state index contributed by atoms with van der Waals surface area (Å²) in [5, 5.41) is 3.88. The molecule has 2 aromatic rings. The minimum absolute atomic E-state index is 0.103. The van der Waals surface area contributed by atoms with Crippen molar-refractivity contribution >= 4 is 10.0 Å². The van der Waals surface area contributed by atoms with Crippen LogP contribution in [-0.2, 0) is 10.0 Å². The molecule has 0 N–H and O–H groups in total. The molecule has 1 aromatic carbocycles. The number of aryl methyl sites for hydroxylation is 1. The zero-order valence-corrected chi connectivity index (χ0v) is 14.0. The van der Waals surface area contributed by atoms with E-state index >= 15 is 0 Å². The summed E-state index contributed by atoms with van der Waals surface area (Å²) in [6, 6.07) is 5.38. The highest BCUT2D eigenvalue weighted by Crippen LogP contribution is 2.36. The Morgan fingerprint density at radius 2 is 1.96 bits per heavy atom. The van der Waals surface area contributed by atoms with Gasteiger partial charge in [0.1, 0.15) is 17.2 Å². The zero-order chi connectivity index (χ0) is 18.2. The molecule has 25 heavy (non-hydrogen) atoms. The molecule has 3 rings (SSSR count). The Balaban J connectivity index is 1.85. The molecule has 1 aromatic heterocycles. The van der Waals surface area contributed by atoms with Crippen molar-refractivity contribution in [1.29, 1.82) is 0 Å². The second-order valence-corrected chi connectivity index (χ2v) is 7.55. The fourth-order valence-corrected chi connectivity index (χ4v) is 4.48. The summed E-state index contributed by atoms with van der Waals surface area (Å²) in [6.07, 6.45) is -3.57. The van der Waals surface area contributed by atoms with Crippen molar-refractivity contribution in [3.8, 4) is 5.75 Å². The quantitative estimate of drug-likeness (QED) is 0.818.